The molecule has 1 aliphatic heterocycles. The number of nitrogens with zero attached hydrogens (tertiary/aromatic N) is 1. The number of hydrogen-bond acceptors (Lipinski definition) is 4. The van der Waals surface area contributed by atoms with Gasteiger partial charge in [-0.1, -0.05) is 43.1 Å². The number of carbonyl (C=O) groups is 1. The van der Waals surface area contributed by atoms with Gasteiger partial charge in [0, 0.05) is 29.6 Å². The molecule has 1 heterocycles. The van der Waals surface area contributed by atoms with Crippen LogP contribution in [0.4, 0.5) is 4.39 Å². The number of piperidine rings is 1. The molecule has 0 unspecified atom stereocenters. The molecule has 0 spiro atoms. The zero-order valence-corrected chi connectivity index (χ0v) is 20.3. The van der Waals surface area contributed by atoms with E-state index >= 15 is 0 Å². The summed E-state index contributed by atoms with van der Waals surface area (Å²) in [5.74, 6) is -0.739. The van der Waals surface area contributed by atoms with Gasteiger partial charge in [-0.2, -0.15) is 0 Å². The summed E-state index contributed by atoms with van der Waals surface area (Å²) in [7, 11) is -3.73. The fraction of sp³-hybridized carbons (Fsp3) is 0.458. The Morgan fingerprint density at radius 1 is 1.18 bits per heavy atom. The van der Waals surface area contributed by atoms with Crippen molar-refractivity contribution in [1.29, 1.82) is 0 Å². The van der Waals surface area contributed by atoms with Crippen LogP contribution in [0.5, 0.6) is 5.75 Å². The molecule has 0 radical (unpaired) electrons. The van der Waals surface area contributed by atoms with Crippen LogP contribution in [0.3, 0.4) is 0 Å². The zero-order chi connectivity index (χ0) is 23.8. The molecule has 0 saturated carbocycles. The Morgan fingerprint density at radius 3 is 2.52 bits per heavy atom. The lowest BCUT2D eigenvalue weighted by molar-refractivity contribution is -0.126. The van der Waals surface area contributed by atoms with E-state index in [2.05, 4.69) is 12.2 Å². The first-order chi connectivity index (χ1) is 15.8. The Balaban J connectivity index is 1.41. The third-order valence-electron chi connectivity index (χ3n) is 5.74. The molecule has 180 valence electrons. The van der Waals surface area contributed by atoms with Crippen molar-refractivity contribution in [3.05, 3.63) is 64.4 Å². The zero-order valence-electron chi connectivity index (χ0n) is 18.7. The van der Waals surface area contributed by atoms with E-state index in [-0.39, 0.29) is 35.5 Å². The van der Waals surface area contributed by atoms with Crippen molar-refractivity contribution in [1.82, 2.24) is 9.62 Å². The van der Waals surface area contributed by atoms with E-state index < -0.39 is 21.6 Å². The smallest absolute Gasteiger partial charge is 0.223 e. The number of carbonyl (C=O) groups excluding carboxylic acids is 1. The Kier molecular flexibility index (Phi) is 9.11. The van der Waals surface area contributed by atoms with Crippen LogP contribution in [0.2, 0.25) is 5.02 Å². The molecule has 1 fully saturated rings. The monoisotopic (exact) mass is 496 g/mol. The van der Waals surface area contributed by atoms with Crippen LogP contribution in [0.25, 0.3) is 0 Å². The Labute approximate surface area is 200 Å². The highest BCUT2D eigenvalue weighted by Crippen LogP contribution is 2.26. The average Bonchev–Trinajstić information content (AvgIpc) is 2.80. The summed E-state index contributed by atoms with van der Waals surface area (Å²) >= 11 is 5.97. The van der Waals surface area contributed by atoms with E-state index in [4.69, 9.17) is 16.3 Å². The fourth-order valence-electron chi connectivity index (χ4n) is 3.87. The van der Waals surface area contributed by atoms with E-state index in [1.54, 1.807) is 0 Å². The van der Waals surface area contributed by atoms with Crippen LogP contribution in [0.1, 0.15) is 37.3 Å². The Hall–Kier alpha value is -2.16. The maximum Gasteiger partial charge on any atom is 0.223 e. The quantitative estimate of drug-likeness (QED) is 0.501. The first-order valence-corrected chi connectivity index (χ1v) is 13.2. The molecule has 0 bridgehead atoms. The molecular formula is C24H30ClFN2O4S. The molecule has 0 aliphatic carbocycles. The molecule has 2 aromatic rings. The summed E-state index contributed by atoms with van der Waals surface area (Å²) in [6.45, 7) is 3.30. The van der Waals surface area contributed by atoms with E-state index in [9.17, 15) is 17.6 Å². The van der Waals surface area contributed by atoms with Crippen molar-refractivity contribution < 1.29 is 22.3 Å². The van der Waals surface area contributed by atoms with Gasteiger partial charge in [0.2, 0.25) is 15.9 Å². The molecule has 3 rings (SSSR count). The molecule has 1 N–H and O–H groups in total. The van der Waals surface area contributed by atoms with Crippen molar-refractivity contribution in [3.63, 3.8) is 0 Å². The number of sulfonamides is 1. The molecule has 2 aromatic carbocycles. The molecule has 1 amide bonds. The van der Waals surface area contributed by atoms with Crippen LogP contribution in [0.15, 0.2) is 42.5 Å². The predicted octanol–water partition coefficient (Wildman–Crippen LogP) is 4.17. The maximum absolute atomic E-state index is 14.0. The van der Waals surface area contributed by atoms with E-state index in [0.717, 1.165) is 18.6 Å². The lowest BCUT2D eigenvalue weighted by atomic mass is 9.97. The van der Waals surface area contributed by atoms with Crippen LogP contribution >= 0.6 is 11.6 Å². The summed E-state index contributed by atoms with van der Waals surface area (Å²) < 4.78 is 46.4. The van der Waals surface area contributed by atoms with Gasteiger partial charge in [0.25, 0.3) is 0 Å². The molecule has 6 nitrogen and oxygen atoms in total. The number of halogens is 2. The Morgan fingerprint density at radius 2 is 1.88 bits per heavy atom. The minimum atomic E-state index is -3.73. The highest BCUT2D eigenvalue weighted by molar-refractivity contribution is 7.88. The van der Waals surface area contributed by atoms with Gasteiger partial charge in [-0.25, -0.2) is 17.1 Å². The second-order valence-corrected chi connectivity index (χ2v) is 10.5. The van der Waals surface area contributed by atoms with Crippen molar-refractivity contribution in [2.24, 2.45) is 5.92 Å². The summed E-state index contributed by atoms with van der Waals surface area (Å²) in [6.07, 6.45) is 2.95. The van der Waals surface area contributed by atoms with Crippen molar-refractivity contribution in [3.8, 4) is 5.75 Å². The number of ether oxygens (including phenoxy) is 1. The van der Waals surface area contributed by atoms with E-state index in [1.807, 2.05) is 24.3 Å². The molecule has 0 aromatic heterocycles. The van der Waals surface area contributed by atoms with Crippen LogP contribution < -0.4 is 10.1 Å². The number of aryl methyl sites for hydroxylation is 1. The molecule has 1 saturated heterocycles. The molecule has 1 aliphatic rings. The Bertz CT molecular complexity index is 1020. The van der Waals surface area contributed by atoms with Gasteiger partial charge in [0.15, 0.2) is 0 Å². The standard InChI is InChI=1S/C24H30ClFN2O4S/c1-2-4-18-7-9-20(10-8-18)32-16-13-27-24(29)19-11-14-28(15-12-19)33(30,31)17-21-22(25)5-3-6-23(21)26/h3,5-10,19H,2,4,11-17H2,1H3,(H,27,29). The second kappa shape index (κ2) is 11.8. The van der Waals surface area contributed by atoms with Crippen LogP contribution in [0, 0.1) is 11.7 Å². The van der Waals surface area contributed by atoms with Gasteiger partial charge >= 0.3 is 0 Å². The minimum absolute atomic E-state index is 0.0287. The summed E-state index contributed by atoms with van der Waals surface area (Å²) in [4.78, 5) is 12.5. The normalized spacial score (nSPS) is 15.4. The highest BCUT2D eigenvalue weighted by atomic mass is 35.5. The van der Waals surface area contributed by atoms with E-state index in [0.29, 0.717) is 26.0 Å². The van der Waals surface area contributed by atoms with Gasteiger partial charge in [0.1, 0.15) is 18.2 Å². The first kappa shape index (κ1) is 25.5. The minimum Gasteiger partial charge on any atom is -0.492 e. The van der Waals surface area contributed by atoms with Gasteiger partial charge in [0.05, 0.1) is 12.3 Å². The number of hydrogen-bond donors (Lipinski definition) is 1. The number of benzene rings is 2. The van der Waals surface area contributed by atoms with Gasteiger partial charge in [-0.15, -0.1) is 0 Å². The lowest BCUT2D eigenvalue weighted by Crippen LogP contribution is -2.44. The molecule has 9 heteroatoms. The van der Waals surface area contributed by atoms with Gasteiger partial charge in [-0.05, 0) is 49.1 Å². The van der Waals surface area contributed by atoms with Crippen LogP contribution in [-0.4, -0.2) is 44.9 Å². The third kappa shape index (κ3) is 7.16. The van der Waals surface area contributed by atoms with Gasteiger partial charge in [-0.3, -0.25) is 4.79 Å². The number of rotatable bonds is 10. The third-order valence-corrected chi connectivity index (χ3v) is 7.90. The second-order valence-electron chi connectivity index (χ2n) is 8.16. The summed E-state index contributed by atoms with van der Waals surface area (Å²) in [5, 5.41) is 2.95. The van der Waals surface area contributed by atoms with Gasteiger partial charge < -0.3 is 10.1 Å². The summed E-state index contributed by atoms with van der Waals surface area (Å²) in [5.41, 5.74) is 1.24. The van der Waals surface area contributed by atoms with E-state index in [1.165, 1.54) is 28.1 Å². The van der Waals surface area contributed by atoms with Crippen molar-refractivity contribution >= 4 is 27.5 Å². The highest BCUT2D eigenvalue weighted by Gasteiger charge is 2.32. The molecular weight excluding hydrogens is 467 g/mol. The van der Waals surface area contributed by atoms with Crippen molar-refractivity contribution in [2.75, 3.05) is 26.2 Å². The lowest BCUT2D eigenvalue weighted by Gasteiger charge is -2.30. The maximum atomic E-state index is 14.0. The topological polar surface area (TPSA) is 75.7 Å². The molecule has 0 atom stereocenters. The number of nitrogens with one attached hydrogen (secondary N) is 1. The first-order valence-electron chi connectivity index (χ1n) is 11.2. The summed E-state index contributed by atoms with van der Waals surface area (Å²) in [6, 6.07) is 12.0. The molecule has 33 heavy (non-hydrogen) atoms. The predicted molar refractivity (Wildman–Crippen MR) is 127 cm³/mol. The fourth-order valence-corrected chi connectivity index (χ4v) is 5.79. The largest absolute Gasteiger partial charge is 0.492 e. The number of amides is 1. The average molecular weight is 497 g/mol. The van der Waals surface area contributed by atoms with Crippen LogP contribution in [-0.2, 0) is 27.0 Å². The SMILES string of the molecule is CCCc1ccc(OCCNC(=O)C2CCN(S(=O)(=O)Cc3c(F)cccc3Cl)CC2)cc1. The van der Waals surface area contributed by atoms with Crippen molar-refractivity contribution in [2.45, 2.75) is 38.4 Å².